The summed E-state index contributed by atoms with van der Waals surface area (Å²) in [5, 5.41) is 0.783. The molecule has 2 aromatic rings. The van der Waals surface area contributed by atoms with Gasteiger partial charge in [0.1, 0.15) is 0 Å². The summed E-state index contributed by atoms with van der Waals surface area (Å²) in [5.74, 6) is 0.980. The van der Waals surface area contributed by atoms with Gasteiger partial charge in [-0.2, -0.15) is 0 Å². The monoisotopic (exact) mass is 322 g/mol. The smallest absolute Gasteiger partial charge is 0.252 e. The summed E-state index contributed by atoms with van der Waals surface area (Å²) in [7, 11) is 0. The van der Waals surface area contributed by atoms with Gasteiger partial charge >= 0.3 is 0 Å². The highest BCUT2D eigenvalue weighted by molar-refractivity contribution is 8.13. The van der Waals surface area contributed by atoms with Gasteiger partial charge in [0.25, 0.3) is 5.91 Å². The highest BCUT2D eigenvalue weighted by Crippen LogP contribution is 2.22. The lowest BCUT2D eigenvalue weighted by molar-refractivity contribution is -0.122. The van der Waals surface area contributed by atoms with Crippen molar-refractivity contribution >= 4 is 34.6 Å². The SMILES string of the molecule is O=C(/C=C/c1ccccc1)N1CCCSC1=Nc1ccccc1. The van der Waals surface area contributed by atoms with E-state index in [1.807, 2.05) is 66.7 Å². The Hall–Kier alpha value is -2.33. The maximum atomic E-state index is 12.5. The molecule has 1 saturated heterocycles. The Kier molecular flexibility index (Phi) is 5.27. The number of hydrogen-bond donors (Lipinski definition) is 0. The topological polar surface area (TPSA) is 32.7 Å². The van der Waals surface area contributed by atoms with E-state index in [9.17, 15) is 4.79 Å². The number of thioether (sulfide) groups is 1. The third-order valence-corrected chi connectivity index (χ3v) is 4.52. The number of carbonyl (C=O) groups excluding carboxylic acids is 1. The first-order valence-electron chi connectivity index (χ1n) is 7.64. The molecule has 4 heteroatoms. The molecule has 0 aromatic heterocycles. The van der Waals surface area contributed by atoms with Crippen LogP contribution in [0, 0.1) is 0 Å². The van der Waals surface area contributed by atoms with Crippen molar-refractivity contribution < 1.29 is 4.79 Å². The first-order valence-corrected chi connectivity index (χ1v) is 8.63. The fraction of sp³-hybridized carbons (Fsp3) is 0.158. The van der Waals surface area contributed by atoms with E-state index < -0.39 is 0 Å². The standard InChI is InChI=1S/C19H18N2OS/c22-18(13-12-16-8-3-1-4-9-16)21-14-7-15-23-19(21)20-17-10-5-2-6-11-17/h1-6,8-13H,7,14-15H2/b13-12+,20-19?. The summed E-state index contributed by atoms with van der Waals surface area (Å²) >= 11 is 1.64. The van der Waals surface area contributed by atoms with Gasteiger partial charge in [-0.3, -0.25) is 9.69 Å². The average Bonchev–Trinajstić information content (AvgIpc) is 2.62. The Labute approximate surface area is 140 Å². The summed E-state index contributed by atoms with van der Waals surface area (Å²) in [6, 6.07) is 19.6. The van der Waals surface area contributed by atoms with Crippen LogP contribution in [0.25, 0.3) is 6.08 Å². The zero-order chi connectivity index (χ0) is 15.9. The van der Waals surface area contributed by atoms with E-state index >= 15 is 0 Å². The first kappa shape index (κ1) is 15.6. The lowest BCUT2D eigenvalue weighted by atomic mass is 10.2. The molecule has 0 spiro atoms. The Balaban J connectivity index is 1.77. The Bertz CT molecular complexity index is 711. The van der Waals surface area contributed by atoms with E-state index in [4.69, 9.17) is 0 Å². The molecule has 0 unspecified atom stereocenters. The van der Waals surface area contributed by atoms with Crippen LogP contribution in [0.4, 0.5) is 5.69 Å². The molecule has 2 aromatic carbocycles. The predicted octanol–water partition coefficient (Wildman–Crippen LogP) is 4.35. The van der Waals surface area contributed by atoms with Crippen molar-refractivity contribution in [2.24, 2.45) is 4.99 Å². The van der Waals surface area contributed by atoms with Gasteiger partial charge in [-0.1, -0.05) is 60.3 Å². The van der Waals surface area contributed by atoms with Gasteiger partial charge < -0.3 is 0 Å². The van der Waals surface area contributed by atoms with Gasteiger partial charge in [0.05, 0.1) is 5.69 Å². The van der Waals surface area contributed by atoms with Crippen molar-refractivity contribution in [3.8, 4) is 0 Å². The molecule has 1 aliphatic rings. The Morgan fingerprint density at radius 2 is 1.74 bits per heavy atom. The van der Waals surface area contributed by atoms with Crippen LogP contribution in [0.5, 0.6) is 0 Å². The first-order chi connectivity index (χ1) is 11.3. The van der Waals surface area contributed by atoms with Crippen LogP contribution < -0.4 is 0 Å². The van der Waals surface area contributed by atoms with E-state index in [2.05, 4.69) is 4.99 Å². The maximum absolute atomic E-state index is 12.5. The summed E-state index contributed by atoms with van der Waals surface area (Å²) in [6.07, 6.45) is 4.47. The molecule has 1 aliphatic heterocycles. The second-order valence-corrected chi connectivity index (χ2v) is 6.23. The number of para-hydroxylation sites is 1. The number of amidine groups is 1. The van der Waals surface area contributed by atoms with Gasteiger partial charge in [0, 0.05) is 18.4 Å². The zero-order valence-electron chi connectivity index (χ0n) is 12.8. The van der Waals surface area contributed by atoms with Gasteiger partial charge in [-0.05, 0) is 30.2 Å². The molecule has 23 heavy (non-hydrogen) atoms. The van der Waals surface area contributed by atoms with Crippen molar-refractivity contribution in [2.45, 2.75) is 6.42 Å². The minimum Gasteiger partial charge on any atom is -0.288 e. The molecular weight excluding hydrogens is 304 g/mol. The molecule has 1 fully saturated rings. The van der Waals surface area contributed by atoms with E-state index in [1.165, 1.54) is 0 Å². The summed E-state index contributed by atoms with van der Waals surface area (Å²) in [4.78, 5) is 18.9. The molecule has 0 saturated carbocycles. The minimum atomic E-state index is -0.0178. The Morgan fingerprint density at radius 3 is 2.48 bits per heavy atom. The van der Waals surface area contributed by atoms with E-state index in [0.29, 0.717) is 0 Å². The van der Waals surface area contributed by atoms with Crippen molar-refractivity contribution in [2.75, 3.05) is 12.3 Å². The van der Waals surface area contributed by atoms with E-state index in [-0.39, 0.29) is 5.91 Å². The van der Waals surface area contributed by atoms with Gasteiger partial charge in [-0.25, -0.2) is 4.99 Å². The van der Waals surface area contributed by atoms with E-state index in [0.717, 1.165) is 35.1 Å². The quantitative estimate of drug-likeness (QED) is 0.787. The van der Waals surface area contributed by atoms with Crippen molar-refractivity contribution in [1.82, 2.24) is 4.90 Å². The molecular formula is C19H18N2OS. The van der Waals surface area contributed by atoms with Crippen molar-refractivity contribution in [1.29, 1.82) is 0 Å². The van der Waals surface area contributed by atoms with Crippen molar-refractivity contribution in [3.63, 3.8) is 0 Å². The van der Waals surface area contributed by atoms with Gasteiger partial charge in [-0.15, -0.1) is 0 Å². The van der Waals surface area contributed by atoms with Crippen LogP contribution in [0.3, 0.4) is 0 Å². The van der Waals surface area contributed by atoms with Gasteiger partial charge in [0.2, 0.25) is 0 Å². The highest BCUT2D eigenvalue weighted by Gasteiger charge is 2.21. The lowest BCUT2D eigenvalue weighted by Crippen LogP contribution is -2.38. The molecule has 1 amide bonds. The molecule has 0 aliphatic carbocycles. The number of nitrogens with zero attached hydrogens (tertiary/aromatic N) is 2. The predicted molar refractivity (Wildman–Crippen MR) is 97.8 cm³/mol. The van der Waals surface area contributed by atoms with Crippen LogP contribution in [0.1, 0.15) is 12.0 Å². The number of amides is 1. The number of aliphatic imine (C=N–C) groups is 1. The lowest BCUT2D eigenvalue weighted by Gasteiger charge is -2.26. The van der Waals surface area contributed by atoms with Gasteiger partial charge in [0.15, 0.2) is 5.17 Å². The number of hydrogen-bond acceptors (Lipinski definition) is 3. The van der Waals surface area contributed by atoms with Crippen LogP contribution in [-0.4, -0.2) is 28.3 Å². The normalized spacial score (nSPS) is 16.9. The fourth-order valence-electron chi connectivity index (χ4n) is 2.29. The zero-order valence-corrected chi connectivity index (χ0v) is 13.6. The minimum absolute atomic E-state index is 0.0178. The molecule has 1 heterocycles. The second kappa shape index (κ2) is 7.79. The average molecular weight is 322 g/mol. The molecule has 0 atom stereocenters. The third-order valence-electron chi connectivity index (χ3n) is 3.45. The number of carbonyl (C=O) groups is 1. The number of rotatable bonds is 3. The molecule has 0 bridgehead atoms. The maximum Gasteiger partial charge on any atom is 0.252 e. The van der Waals surface area contributed by atoms with Crippen LogP contribution in [-0.2, 0) is 4.79 Å². The number of benzene rings is 2. The third kappa shape index (κ3) is 4.33. The summed E-state index contributed by atoms with van der Waals surface area (Å²) in [5.41, 5.74) is 1.90. The summed E-state index contributed by atoms with van der Waals surface area (Å²) in [6.45, 7) is 0.719. The molecule has 0 radical (unpaired) electrons. The largest absolute Gasteiger partial charge is 0.288 e. The van der Waals surface area contributed by atoms with Crippen LogP contribution in [0.15, 0.2) is 71.7 Å². The highest BCUT2D eigenvalue weighted by atomic mass is 32.2. The molecule has 3 rings (SSSR count). The van der Waals surface area contributed by atoms with Crippen LogP contribution >= 0.6 is 11.8 Å². The molecule has 116 valence electrons. The molecule has 3 nitrogen and oxygen atoms in total. The fourth-order valence-corrected chi connectivity index (χ4v) is 3.25. The van der Waals surface area contributed by atoms with E-state index in [1.54, 1.807) is 22.7 Å². The molecule has 0 N–H and O–H groups in total. The summed E-state index contributed by atoms with van der Waals surface area (Å²) < 4.78 is 0. The second-order valence-electron chi connectivity index (χ2n) is 5.17. The Morgan fingerprint density at radius 1 is 1.04 bits per heavy atom. The van der Waals surface area contributed by atoms with Crippen molar-refractivity contribution in [3.05, 3.63) is 72.3 Å². The van der Waals surface area contributed by atoms with Crippen LogP contribution in [0.2, 0.25) is 0 Å².